The highest BCUT2D eigenvalue weighted by Crippen LogP contribution is 2.24. The molecule has 0 bridgehead atoms. The molecule has 0 amide bonds. The molecule has 1 aliphatic heterocycles. The molecular formula is C14H19ClN2S. The van der Waals surface area contributed by atoms with Crippen LogP contribution in [0.4, 0.5) is 5.69 Å². The van der Waals surface area contributed by atoms with Crippen molar-refractivity contribution in [2.45, 2.75) is 45.2 Å². The van der Waals surface area contributed by atoms with Gasteiger partial charge in [0.2, 0.25) is 0 Å². The maximum atomic E-state index is 5.87. The SMILES string of the molecule is CC1CCCC(C)N1C(=S)Nc1ccc(Cl)cc1. The summed E-state index contributed by atoms with van der Waals surface area (Å²) in [7, 11) is 0. The Hall–Kier alpha value is -0.800. The first-order valence-corrected chi connectivity index (χ1v) is 7.21. The minimum atomic E-state index is 0.515. The summed E-state index contributed by atoms with van der Waals surface area (Å²) in [5, 5.41) is 4.86. The Morgan fingerprint density at radius 1 is 1.22 bits per heavy atom. The Labute approximate surface area is 119 Å². The van der Waals surface area contributed by atoms with E-state index >= 15 is 0 Å². The quantitative estimate of drug-likeness (QED) is 0.773. The van der Waals surface area contributed by atoms with E-state index in [2.05, 4.69) is 24.1 Å². The van der Waals surface area contributed by atoms with Gasteiger partial charge in [0, 0.05) is 22.8 Å². The van der Waals surface area contributed by atoms with Gasteiger partial charge in [-0.05, 0) is 69.6 Å². The van der Waals surface area contributed by atoms with E-state index in [1.807, 2.05) is 24.3 Å². The molecule has 18 heavy (non-hydrogen) atoms. The number of piperidine rings is 1. The summed E-state index contributed by atoms with van der Waals surface area (Å²) in [6.07, 6.45) is 3.72. The van der Waals surface area contributed by atoms with Crippen LogP contribution in [0.2, 0.25) is 5.02 Å². The fourth-order valence-electron chi connectivity index (χ4n) is 2.54. The minimum Gasteiger partial charge on any atom is -0.344 e. The van der Waals surface area contributed by atoms with E-state index in [1.54, 1.807) is 0 Å². The molecule has 4 heteroatoms. The van der Waals surface area contributed by atoms with Crippen molar-refractivity contribution >= 4 is 34.6 Å². The zero-order valence-corrected chi connectivity index (χ0v) is 12.4. The van der Waals surface area contributed by atoms with Crippen LogP contribution < -0.4 is 5.32 Å². The summed E-state index contributed by atoms with van der Waals surface area (Å²) in [4.78, 5) is 2.31. The number of likely N-dealkylation sites (tertiary alicyclic amines) is 1. The van der Waals surface area contributed by atoms with Gasteiger partial charge in [-0.2, -0.15) is 0 Å². The molecule has 1 aromatic rings. The number of benzene rings is 1. The number of nitrogens with zero attached hydrogens (tertiary/aromatic N) is 1. The van der Waals surface area contributed by atoms with Gasteiger partial charge >= 0.3 is 0 Å². The third-order valence-corrected chi connectivity index (χ3v) is 4.09. The minimum absolute atomic E-state index is 0.515. The second-order valence-electron chi connectivity index (χ2n) is 4.97. The van der Waals surface area contributed by atoms with Crippen LogP contribution >= 0.6 is 23.8 Å². The average molecular weight is 283 g/mol. The number of halogens is 1. The van der Waals surface area contributed by atoms with Gasteiger partial charge in [0.15, 0.2) is 5.11 Å². The smallest absolute Gasteiger partial charge is 0.173 e. The number of rotatable bonds is 1. The molecule has 2 nitrogen and oxygen atoms in total. The molecule has 2 unspecified atom stereocenters. The second kappa shape index (κ2) is 5.89. The van der Waals surface area contributed by atoms with Crippen molar-refractivity contribution < 1.29 is 0 Å². The van der Waals surface area contributed by atoms with Crippen molar-refractivity contribution in [3.8, 4) is 0 Å². The third-order valence-electron chi connectivity index (χ3n) is 3.52. The van der Waals surface area contributed by atoms with Gasteiger partial charge in [-0.25, -0.2) is 0 Å². The van der Waals surface area contributed by atoms with Crippen molar-refractivity contribution in [1.82, 2.24) is 4.90 Å². The van der Waals surface area contributed by atoms with Crippen molar-refractivity contribution in [3.05, 3.63) is 29.3 Å². The number of thiocarbonyl (C=S) groups is 1. The Morgan fingerprint density at radius 2 is 1.78 bits per heavy atom. The lowest BCUT2D eigenvalue weighted by Crippen LogP contribution is -2.49. The largest absolute Gasteiger partial charge is 0.344 e. The molecule has 98 valence electrons. The summed E-state index contributed by atoms with van der Waals surface area (Å²) in [5.41, 5.74) is 0.995. The molecular weight excluding hydrogens is 264 g/mol. The van der Waals surface area contributed by atoms with Crippen LogP contribution in [0.1, 0.15) is 33.1 Å². The predicted molar refractivity (Wildman–Crippen MR) is 82.3 cm³/mol. The Kier molecular flexibility index (Phi) is 4.46. The monoisotopic (exact) mass is 282 g/mol. The highest BCUT2D eigenvalue weighted by atomic mass is 35.5. The molecule has 0 saturated carbocycles. The molecule has 1 heterocycles. The molecule has 1 aliphatic rings. The van der Waals surface area contributed by atoms with Gasteiger partial charge in [0.1, 0.15) is 0 Å². The van der Waals surface area contributed by atoms with Gasteiger partial charge in [-0.15, -0.1) is 0 Å². The number of hydrogen-bond donors (Lipinski definition) is 1. The Bertz CT molecular complexity index is 408. The normalized spacial score (nSPS) is 23.8. The summed E-state index contributed by atoms with van der Waals surface area (Å²) in [6, 6.07) is 8.68. The molecule has 0 aliphatic carbocycles. The van der Waals surface area contributed by atoms with Gasteiger partial charge in [0.25, 0.3) is 0 Å². The van der Waals surface area contributed by atoms with Crippen LogP contribution in [0.3, 0.4) is 0 Å². The van der Waals surface area contributed by atoms with Crippen LogP contribution in [0.5, 0.6) is 0 Å². The topological polar surface area (TPSA) is 15.3 Å². The first-order chi connectivity index (χ1) is 8.58. The molecule has 0 radical (unpaired) electrons. The summed E-state index contributed by atoms with van der Waals surface area (Å²) in [5.74, 6) is 0. The number of nitrogens with one attached hydrogen (secondary N) is 1. The number of anilines is 1. The zero-order valence-electron chi connectivity index (χ0n) is 10.8. The third kappa shape index (κ3) is 3.15. The standard InChI is InChI=1S/C14H19ClN2S/c1-10-4-3-5-11(2)17(10)14(18)16-13-8-6-12(15)7-9-13/h6-11H,3-5H2,1-2H3,(H,16,18). The highest BCUT2D eigenvalue weighted by Gasteiger charge is 2.26. The highest BCUT2D eigenvalue weighted by molar-refractivity contribution is 7.80. The van der Waals surface area contributed by atoms with Gasteiger partial charge < -0.3 is 10.2 Å². The Balaban J connectivity index is 2.04. The maximum absolute atomic E-state index is 5.87. The van der Waals surface area contributed by atoms with Crippen molar-refractivity contribution in [3.63, 3.8) is 0 Å². The molecule has 1 aromatic carbocycles. The van der Waals surface area contributed by atoms with E-state index in [9.17, 15) is 0 Å². The molecule has 0 aromatic heterocycles. The van der Waals surface area contributed by atoms with E-state index in [-0.39, 0.29) is 0 Å². The van der Waals surface area contributed by atoms with Crippen molar-refractivity contribution in [2.24, 2.45) is 0 Å². The van der Waals surface area contributed by atoms with Crippen molar-refractivity contribution in [1.29, 1.82) is 0 Å². The van der Waals surface area contributed by atoms with Crippen LogP contribution in [0.25, 0.3) is 0 Å². The van der Waals surface area contributed by atoms with Gasteiger partial charge in [-0.3, -0.25) is 0 Å². The second-order valence-corrected chi connectivity index (χ2v) is 5.80. The molecule has 1 saturated heterocycles. The average Bonchev–Trinajstić information content (AvgIpc) is 2.32. The molecule has 1 N–H and O–H groups in total. The maximum Gasteiger partial charge on any atom is 0.173 e. The Morgan fingerprint density at radius 3 is 2.33 bits per heavy atom. The molecule has 0 spiro atoms. The van der Waals surface area contributed by atoms with Crippen LogP contribution in [-0.2, 0) is 0 Å². The molecule has 1 fully saturated rings. The van der Waals surface area contributed by atoms with E-state index in [0.29, 0.717) is 12.1 Å². The van der Waals surface area contributed by atoms with E-state index in [0.717, 1.165) is 15.8 Å². The van der Waals surface area contributed by atoms with Gasteiger partial charge in [-0.1, -0.05) is 11.6 Å². The fraction of sp³-hybridized carbons (Fsp3) is 0.500. The van der Waals surface area contributed by atoms with E-state index in [4.69, 9.17) is 23.8 Å². The van der Waals surface area contributed by atoms with Crippen LogP contribution in [0, 0.1) is 0 Å². The lowest BCUT2D eigenvalue weighted by Gasteiger charge is -2.40. The summed E-state index contributed by atoms with van der Waals surface area (Å²) >= 11 is 11.4. The molecule has 2 rings (SSSR count). The van der Waals surface area contributed by atoms with E-state index in [1.165, 1.54) is 19.3 Å². The predicted octanol–water partition coefficient (Wildman–Crippen LogP) is 4.30. The van der Waals surface area contributed by atoms with E-state index < -0.39 is 0 Å². The first-order valence-electron chi connectivity index (χ1n) is 6.43. The van der Waals surface area contributed by atoms with Crippen molar-refractivity contribution in [2.75, 3.05) is 5.32 Å². The zero-order chi connectivity index (χ0) is 13.1. The summed E-state index contributed by atoms with van der Waals surface area (Å²) in [6.45, 7) is 4.48. The van der Waals surface area contributed by atoms with Crippen LogP contribution in [-0.4, -0.2) is 22.1 Å². The lowest BCUT2D eigenvalue weighted by atomic mass is 9.98. The lowest BCUT2D eigenvalue weighted by molar-refractivity contribution is 0.194. The number of hydrogen-bond acceptors (Lipinski definition) is 1. The fourth-order valence-corrected chi connectivity index (χ4v) is 3.15. The van der Waals surface area contributed by atoms with Gasteiger partial charge in [0.05, 0.1) is 0 Å². The summed E-state index contributed by atoms with van der Waals surface area (Å²) < 4.78 is 0. The van der Waals surface area contributed by atoms with Crippen LogP contribution in [0.15, 0.2) is 24.3 Å². The molecule has 2 atom stereocenters. The first kappa shape index (κ1) is 13.6.